The van der Waals surface area contributed by atoms with Crippen LogP contribution in [-0.4, -0.2) is 72.1 Å². The van der Waals surface area contributed by atoms with Gasteiger partial charge in [0, 0.05) is 38.3 Å². The van der Waals surface area contributed by atoms with Crippen molar-refractivity contribution < 1.29 is 18.0 Å². The summed E-state index contributed by atoms with van der Waals surface area (Å²) in [6.07, 6.45) is 7.88. The van der Waals surface area contributed by atoms with E-state index in [-0.39, 0.29) is 18.9 Å². The molecule has 0 N–H and O–H groups in total. The van der Waals surface area contributed by atoms with Gasteiger partial charge in [-0.25, -0.2) is 0 Å². The first-order valence-corrected chi connectivity index (χ1v) is 10.1. The summed E-state index contributed by atoms with van der Waals surface area (Å²) in [5.74, 6) is -0.150. The molecule has 1 fully saturated rings. The number of hydrogen-bond donors (Lipinski definition) is 0. The van der Waals surface area contributed by atoms with Crippen LogP contribution in [0.3, 0.4) is 0 Å². The minimum atomic E-state index is -4.38. The van der Waals surface area contributed by atoms with Gasteiger partial charge in [-0.2, -0.15) is 13.2 Å². The predicted octanol–water partition coefficient (Wildman–Crippen LogP) is 3.75. The van der Waals surface area contributed by atoms with E-state index in [9.17, 15) is 18.0 Å². The summed E-state index contributed by atoms with van der Waals surface area (Å²) in [5, 5.41) is 0. The van der Waals surface area contributed by atoms with Gasteiger partial charge in [0.1, 0.15) is 0 Å². The summed E-state index contributed by atoms with van der Waals surface area (Å²) in [4.78, 5) is 19.3. The average Bonchev–Trinajstić information content (AvgIpc) is 2.63. The van der Waals surface area contributed by atoms with Crippen LogP contribution < -0.4 is 0 Å². The van der Waals surface area contributed by atoms with Gasteiger partial charge in [-0.15, -0.1) is 0 Å². The van der Waals surface area contributed by atoms with E-state index in [4.69, 9.17) is 0 Å². The Labute approximate surface area is 171 Å². The molecule has 3 rings (SSSR count). The topological polar surface area (TPSA) is 26.8 Å². The number of piperazine rings is 1. The molecule has 0 aromatic rings. The molecular formula is C22H30F3N3O. The summed E-state index contributed by atoms with van der Waals surface area (Å²) in [7, 11) is 2.04. The van der Waals surface area contributed by atoms with Crippen molar-refractivity contribution in [2.24, 2.45) is 5.41 Å². The van der Waals surface area contributed by atoms with Crippen molar-refractivity contribution in [3.63, 3.8) is 0 Å². The maximum atomic E-state index is 13.7. The Kier molecular flexibility index (Phi) is 6.11. The number of hydrogen-bond acceptors (Lipinski definition) is 3. The van der Waals surface area contributed by atoms with E-state index in [0.717, 1.165) is 26.2 Å². The molecule has 1 saturated heterocycles. The van der Waals surface area contributed by atoms with E-state index in [0.29, 0.717) is 12.1 Å². The first kappa shape index (κ1) is 21.8. The predicted molar refractivity (Wildman–Crippen MR) is 108 cm³/mol. The highest BCUT2D eigenvalue weighted by Gasteiger charge is 2.51. The van der Waals surface area contributed by atoms with E-state index >= 15 is 0 Å². The number of amides is 1. The van der Waals surface area contributed by atoms with Gasteiger partial charge < -0.3 is 9.80 Å². The Morgan fingerprint density at radius 1 is 1.10 bits per heavy atom. The second-order valence-electron chi connectivity index (χ2n) is 8.77. The zero-order chi connectivity index (χ0) is 21.3. The number of allylic oxidation sites excluding steroid dienone is 6. The molecule has 1 amide bonds. The fourth-order valence-electron chi connectivity index (χ4n) is 4.14. The SMILES string of the molecule is CN1CCN(CC(=O)N(C2=CC=CC(C)(C(F)(F)F)C2)C2(C)C=CC=CC2)CC1. The molecule has 0 saturated carbocycles. The molecule has 3 aliphatic rings. The van der Waals surface area contributed by atoms with Gasteiger partial charge in [-0.3, -0.25) is 9.69 Å². The summed E-state index contributed by atoms with van der Waals surface area (Å²) >= 11 is 0. The molecule has 0 radical (unpaired) electrons. The summed E-state index contributed by atoms with van der Waals surface area (Å²) < 4.78 is 41.1. The molecule has 160 valence electrons. The highest BCUT2D eigenvalue weighted by Crippen LogP contribution is 2.47. The normalized spacial score (nSPS) is 31.0. The second-order valence-corrected chi connectivity index (χ2v) is 8.77. The number of nitrogens with zero attached hydrogens (tertiary/aromatic N) is 3. The lowest BCUT2D eigenvalue weighted by Crippen LogP contribution is -2.54. The number of carbonyl (C=O) groups excluding carboxylic acids is 1. The third-order valence-electron chi connectivity index (χ3n) is 6.18. The largest absolute Gasteiger partial charge is 0.397 e. The van der Waals surface area contributed by atoms with E-state index in [1.165, 1.54) is 19.1 Å². The average molecular weight is 409 g/mol. The molecule has 0 aromatic heterocycles. The molecule has 4 nitrogen and oxygen atoms in total. The Bertz CT molecular complexity index is 747. The molecule has 0 aromatic carbocycles. The van der Waals surface area contributed by atoms with Crippen LogP contribution in [0.5, 0.6) is 0 Å². The zero-order valence-corrected chi connectivity index (χ0v) is 17.4. The van der Waals surface area contributed by atoms with Crippen LogP contribution in [0.15, 0.2) is 48.2 Å². The molecule has 1 aliphatic heterocycles. The number of likely N-dealkylation sites (N-methyl/N-ethyl adjacent to an activating group) is 1. The second kappa shape index (κ2) is 8.11. The van der Waals surface area contributed by atoms with Gasteiger partial charge in [0.2, 0.25) is 5.91 Å². The van der Waals surface area contributed by atoms with E-state index < -0.39 is 17.1 Å². The molecule has 29 heavy (non-hydrogen) atoms. The highest BCUT2D eigenvalue weighted by atomic mass is 19.4. The van der Waals surface area contributed by atoms with Gasteiger partial charge in [0.15, 0.2) is 0 Å². The van der Waals surface area contributed by atoms with Gasteiger partial charge in [0.25, 0.3) is 0 Å². The van der Waals surface area contributed by atoms with Crippen LogP contribution in [0.4, 0.5) is 13.2 Å². The van der Waals surface area contributed by atoms with Crippen molar-refractivity contribution >= 4 is 5.91 Å². The van der Waals surface area contributed by atoms with E-state index in [1.54, 1.807) is 11.0 Å². The maximum Gasteiger partial charge on any atom is 0.397 e. The lowest BCUT2D eigenvalue weighted by molar-refractivity contribution is -0.201. The zero-order valence-electron chi connectivity index (χ0n) is 17.4. The van der Waals surface area contributed by atoms with Gasteiger partial charge in [-0.05, 0) is 33.4 Å². The molecule has 0 bridgehead atoms. The highest BCUT2D eigenvalue weighted by molar-refractivity contribution is 5.81. The Balaban J connectivity index is 1.87. The third kappa shape index (κ3) is 4.67. The van der Waals surface area contributed by atoms with Crippen LogP contribution in [0, 0.1) is 5.41 Å². The number of carbonyl (C=O) groups is 1. The van der Waals surface area contributed by atoms with Crippen LogP contribution in [0.2, 0.25) is 0 Å². The van der Waals surface area contributed by atoms with Gasteiger partial charge in [-0.1, -0.05) is 36.5 Å². The van der Waals surface area contributed by atoms with Crippen LogP contribution in [0.25, 0.3) is 0 Å². The first-order chi connectivity index (χ1) is 13.5. The van der Waals surface area contributed by atoms with Gasteiger partial charge in [0.05, 0.1) is 17.5 Å². The first-order valence-electron chi connectivity index (χ1n) is 10.1. The smallest absolute Gasteiger partial charge is 0.305 e. The number of rotatable bonds is 4. The van der Waals surface area contributed by atoms with Crippen molar-refractivity contribution in [2.75, 3.05) is 39.8 Å². The molecule has 0 spiro atoms. The van der Waals surface area contributed by atoms with Crippen LogP contribution in [-0.2, 0) is 4.79 Å². The van der Waals surface area contributed by atoms with Crippen molar-refractivity contribution in [1.82, 2.24) is 14.7 Å². The number of halogens is 3. The number of alkyl halides is 3. The maximum absolute atomic E-state index is 13.7. The van der Waals surface area contributed by atoms with Gasteiger partial charge >= 0.3 is 6.18 Å². The molecule has 2 unspecified atom stereocenters. The molecule has 2 atom stereocenters. The fourth-order valence-corrected chi connectivity index (χ4v) is 4.14. The van der Waals surface area contributed by atoms with Crippen molar-refractivity contribution in [1.29, 1.82) is 0 Å². The Hall–Kier alpha value is -1.86. The monoisotopic (exact) mass is 409 g/mol. The Morgan fingerprint density at radius 3 is 2.38 bits per heavy atom. The van der Waals surface area contributed by atoms with E-state index in [1.807, 2.05) is 38.3 Å². The minimum Gasteiger partial charge on any atom is -0.305 e. The summed E-state index contributed by atoms with van der Waals surface area (Å²) in [6.45, 7) is 6.64. The van der Waals surface area contributed by atoms with Crippen LogP contribution in [0.1, 0.15) is 26.7 Å². The van der Waals surface area contributed by atoms with Crippen molar-refractivity contribution in [3.05, 3.63) is 48.2 Å². The summed E-state index contributed by atoms with van der Waals surface area (Å²) in [5.41, 5.74) is -2.23. The molecule has 2 aliphatic carbocycles. The van der Waals surface area contributed by atoms with Crippen LogP contribution >= 0.6 is 0 Å². The fraction of sp³-hybridized carbons (Fsp3) is 0.591. The lowest BCUT2D eigenvalue weighted by Gasteiger charge is -2.45. The molecule has 7 heteroatoms. The lowest BCUT2D eigenvalue weighted by atomic mass is 9.79. The quantitative estimate of drug-likeness (QED) is 0.708. The minimum absolute atomic E-state index is 0.150. The van der Waals surface area contributed by atoms with E-state index in [2.05, 4.69) is 9.80 Å². The Morgan fingerprint density at radius 2 is 1.79 bits per heavy atom. The van der Waals surface area contributed by atoms with Crippen molar-refractivity contribution in [3.8, 4) is 0 Å². The molecule has 1 heterocycles. The third-order valence-corrected chi connectivity index (χ3v) is 6.18. The summed E-state index contributed by atoms with van der Waals surface area (Å²) in [6, 6.07) is 0. The van der Waals surface area contributed by atoms with Crippen molar-refractivity contribution in [2.45, 2.75) is 38.4 Å². The standard InChI is InChI=1S/C22H30F3N3O/c1-20(22(23,24)25)9-7-8-18(16-20)28(21(2)10-5-4-6-11-21)19(29)17-27-14-12-26(3)13-15-27/h4-10H,11-17H2,1-3H3. The molecular weight excluding hydrogens is 379 g/mol.